The topological polar surface area (TPSA) is 109 Å². The number of rotatable bonds is 8. The van der Waals surface area contributed by atoms with Gasteiger partial charge in [-0.1, -0.05) is 42.5 Å². The first-order chi connectivity index (χ1) is 14.6. The molecule has 0 saturated heterocycles. The highest BCUT2D eigenvalue weighted by atomic mass is 16.6. The van der Waals surface area contributed by atoms with Crippen molar-refractivity contribution in [3.8, 4) is 17.4 Å². The fourth-order valence-electron chi connectivity index (χ4n) is 2.88. The fraction of sp³-hybridized carbons (Fsp3) is 0.130. The van der Waals surface area contributed by atoms with Crippen molar-refractivity contribution >= 4 is 17.7 Å². The predicted molar refractivity (Wildman–Crippen MR) is 112 cm³/mol. The zero-order valence-electron chi connectivity index (χ0n) is 16.1. The molecule has 2 aromatic carbocycles. The summed E-state index contributed by atoms with van der Waals surface area (Å²) in [5, 5.41) is 23.0. The van der Waals surface area contributed by atoms with Crippen molar-refractivity contribution in [2.75, 3.05) is 6.54 Å². The Bertz CT molecular complexity index is 1110. The van der Waals surface area contributed by atoms with E-state index in [4.69, 9.17) is 4.42 Å². The van der Waals surface area contributed by atoms with Gasteiger partial charge in [-0.25, -0.2) is 0 Å². The van der Waals surface area contributed by atoms with E-state index in [0.717, 1.165) is 12.8 Å². The van der Waals surface area contributed by atoms with E-state index >= 15 is 0 Å². The molecule has 1 N–H and O–H groups in total. The number of amides is 1. The summed E-state index contributed by atoms with van der Waals surface area (Å²) in [4.78, 5) is 22.7. The van der Waals surface area contributed by atoms with E-state index < -0.39 is 10.8 Å². The van der Waals surface area contributed by atoms with Crippen LogP contribution in [-0.4, -0.2) is 17.4 Å². The van der Waals surface area contributed by atoms with Crippen LogP contribution in [0.2, 0.25) is 0 Å². The zero-order valence-corrected chi connectivity index (χ0v) is 16.1. The summed E-state index contributed by atoms with van der Waals surface area (Å²) in [6.45, 7) is 0.448. The Balaban J connectivity index is 1.62. The van der Waals surface area contributed by atoms with Gasteiger partial charge in [0.15, 0.2) is 0 Å². The average Bonchev–Trinajstić information content (AvgIpc) is 3.24. The second kappa shape index (κ2) is 9.85. The highest BCUT2D eigenvalue weighted by molar-refractivity contribution is 6.01. The molecule has 0 spiro atoms. The van der Waals surface area contributed by atoms with Gasteiger partial charge in [-0.05, 0) is 30.5 Å². The lowest BCUT2D eigenvalue weighted by atomic mass is 10.1. The van der Waals surface area contributed by atoms with Crippen LogP contribution >= 0.6 is 0 Å². The van der Waals surface area contributed by atoms with Gasteiger partial charge >= 0.3 is 0 Å². The van der Waals surface area contributed by atoms with Gasteiger partial charge < -0.3 is 9.73 Å². The molecule has 3 aromatic rings. The number of nitrogens with one attached hydrogen (secondary N) is 1. The number of carbonyl (C=O) groups excluding carboxylic acids is 1. The van der Waals surface area contributed by atoms with Crippen LogP contribution in [-0.2, 0) is 11.2 Å². The Hall–Kier alpha value is -4.18. The highest BCUT2D eigenvalue weighted by Crippen LogP contribution is 2.26. The number of non-ortho nitro benzene ring substituents is 1. The van der Waals surface area contributed by atoms with Gasteiger partial charge in [-0.3, -0.25) is 14.9 Å². The number of aryl methyl sites for hydroxylation is 1. The highest BCUT2D eigenvalue weighted by Gasteiger charge is 2.12. The van der Waals surface area contributed by atoms with Gasteiger partial charge in [-0.2, -0.15) is 5.26 Å². The summed E-state index contributed by atoms with van der Waals surface area (Å²) in [5.74, 6) is 0.247. The molecule has 0 aliphatic rings. The summed E-state index contributed by atoms with van der Waals surface area (Å²) in [6.07, 6.45) is 2.94. The van der Waals surface area contributed by atoms with Crippen LogP contribution in [0.25, 0.3) is 17.4 Å². The Labute approximate surface area is 173 Å². The Morgan fingerprint density at radius 1 is 1.13 bits per heavy atom. The monoisotopic (exact) mass is 401 g/mol. The second-order valence-electron chi connectivity index (χ2n) is 6.52. The van der Waals surface area contributed by atoms with Crippen molar-refractivity contribution in [3.63, 3.8) is 0 Å². The number of nitriles is 1. The van der Waals surface area contributed by atoms with E-state index in [2.05, 4.69) is 5.32 Å². The van der Waals surface area contributed by atoms with Crippen LogP contribution in [0.15, 0.2) is 76.7 Å². The van der Waals surface area contributed by atoms with Crippen molar-refractivity contribution in [2.45, 2.75) is 12.8 Å². The minimum absolute atomic E-state index is 0.0476. The first-order valence-electron chi connectivity index (χ1n) is 9.35. The van der Waals surface area contributed by atoms with Crippen molar-refractivity contribution in [3.05, 3.63) is 93.7 Å². The van der Waals surface area contributed by atoms with Crippen LogP contribution < -0.4 is 5.32 Å². The van der Waals surface area contributed by atoms with Crippen molar-refractivity contribution in [1.82, 2.24) is 5.32 Å². The summed E-state index contributed by atoms with van der Waals surface area (Å²) in [7, 11) is 0. The Kier molecular flexibility index (Phi) is 6.74. The number of nitro groups is 1. The summed E-state index contributed by atoms with van der Waals surface area (Å²) in [6, 6.07) is 21.1. The standard InChI is InChI=1S/C23H19N3O4/c24-16-19(23(27)25-13-5-8-17-6-2-1-3-7-17)15-21-11-12-22(30-21)18-9-4-10-20(14-18)26(28)29/h1-4,6-7,9-12,14-15H,5,8,13H2,(H,25,27)/b19-15-. The molecule has 1 aromatic heterocycles. The maximum atomic E-state index is 12.3. The molecule has 0 fully saturated rings. The molecule has 150 valence electrons. The molecule has 3 rings (SSSR count). The second-order valence-corrected chi connectivity index (χ2v) is 6.52. The third-order valence-corrected chi connectivity index (χ3v) is 4.39. The first kappa shape index (κ1) is 20.6. The lowest BCUT2D eigenvalue weighted by molar-refractivity contribution is -0.384. The molecular formula is C23H19N3O4. The Morgan fingerprint density at radius 3 is 2.67 bits per heavy atom. The predicted octanol–water partition coefficient (Wildman–Crippen LogP) is 4.51. The molecular weight excluding hydrogens is 382 g/mol. The molecule has 7 heteroatoms. The van der Waals surface area contributed by atoms with Crippen LogP contribution in [0.1, 0.15) is 17.7 Å². The molecule has 7 nitrogen and oxygen atoms in total. The van der Waals surface area contributed by atoms with Crippen LogP contribution in [0.3, 0.4) is 0 Å². The molecule has 0 atom stereocenters. The molecule has 30 heavy (non-hydrogen) atoms. The number of nitro benzene ring substituents is 1. The van der Waals surface area contributed by atoms with E-state index in [-0.39, 0.29) is 11.3 Å². The maximum absolute atomic E-state index is 12.3. The molecule has 0 aliphatic heterocycles. The largest absolute Gasteiger partial charge is 0.457 e. The van der Waals surface area contributed by atoms with Crippen molar-refractivity contribution < 1.29 is 14.1 Å². The molecule has 0 bridgehead atoms. The number of furan rings is 1. The third kappa shape index (κ3) is 5.42. The fourth-order valence-corrected chi connectivity index (χ4v) is 2.88. The van der Waals surface area contributed by atoms with Gasteiger partial charge in [0, 0.05) is 30.3 Å². The summed E-state index contributed by atoms with van der Waals surface area (Å²) < 4.78 is 5.64. The molecule has 0 aliphatic carbocycles. The van der Waals surface area contributed by atoms with E-state index in [1.807, 2.05) is 36.4 Å². The molecule has 0 unspecified atom stereocenters. The van der Waals surface area contributed by atoms with E-state index in [9.17, 15) is 20.2 Å². The first-order valence-corrected chi connectivity index (χ1v) is 9.35. The van der Waals surface area contributed by atoms with Gasteiger partial charge in [0.1, 0.15) is 23.2 Å². The van der Waals surface area contributed by atoms with Gasteiger partial charge in [0.05, 0.1) is 4.92 Å². The SMILES string of the molecule is N#C/C(=C/c1ccc(-c2cccc([N+](=O)[O-])c2)o1)C(=O)NCCCc1ccccc1. The molecule has 0 saturated carbocycles. The smallest absolute Gasteiger partial charge is 0.270 e. The number of carbonyl (C=O) groups is 1. The zero-order chi connectivity index (χ0) is 21.3. The number of benzene rings is 2. The number of nitrogens with zero attached hydrogens (tertiary/aromatic N) is 2. The maximum Gasteiger partial charge on any atom is 0.270 e. The van der Waals surface area contributed by atoms with E-state index in [1.54, 1.807) is 24.3 Å². The minimum atomic E-state index is -0.483. The van der Waals surface area contributed by atoms with E-state index in [0.29, 0.717) is 23.6 Å². The summed E-state index contributed by atoms with van der Waals surface area (Å²) in [5.41, 5.74) is 1.60. The van der Waals surface area contributed by atoms with Crippen LogP contribution in [0.5, 0.6) is 0 Å². The quantitative estimate of drug-likeness (QED) is 0.196. The van der Waals surface area contributed by atoms with E-state index in [1.165, 1.54) is 23.8 Å². The molecule has 1 heterocycles. The minimum Gasteiger partial charge on any atom is -0.457 e. The normalized spacial score (nSPS) is 11.0. The lowest BCUT2D eigenvalue weighted by Gasteiger charge is -2.04. The van der Waals surface area contributed by atoms with Crippen LogP contribution in [0.4, 0.5) is 5.69 Å². The number of hydrogen-bond acceptors (Lipinski definition) is 5. The van der Waals surface area contributed by atoms with Gasteiger partial charge in [0.25, 0.3) is 11.6 Å². The molecule has 0 radical (unpaired) electrons. The lowest BCUT2D eigenvalue weighted by Crippen LogP contribution is -2.25. The van der Waals surface area contributed by atoms with Crippen molar-refractivity contribution in [1.29, 1.82) is 5.26 Å². The van der Waals surface area contributed by atoms with Gasteiger partial charge in [0.2, 0.25) is 0 Å². The Morgan fingerprint density at radius 2 is 1.93 bits per heavy atom. The average molecular weight is 401 g/mol. The summed E-state index contributed by atoms with van der Waals surface area (Å²) >= 11 is 0. The third-order valence-electron chi connectivity index (χ3n) is 4.39. The molecule has 1 amide bonds. The van der Waals surface area contributed by atoms with Crippen molar-refractivity contribution in [2.24, 2.45) is 0 Å². The van der Waals surface area contributed by atoms with Gasteiger partial charge in [-0.15, -0.1) is 0 Å². The van der Waals surface area contributed by atoms with Crippen LogP contribution in [0, 0.1) is 21.4 Å². The number of hydrogen-bond donors (Lipinski definition) is 1.